The Hall–Kier alpha value is -1.39. The number of nitrogen functional groups attached to an aromatic ring is 1. The smallest absolute Gasteiger partial charge is 0.171 e. The van der Waals surface area contributed by atoms with Crippen molar-refractivity contribution in [2.24, 2.45) is 0 Å². The maximum atomic E-state index is 13.5. The third kappa shape index (κ3) is 1.62. The Balaban J connectivity index is 2.22. The first kappa shape index (κ1) is 9.18. The predicted molar refractivity (Wildman–Crippen MR) is 52.8 cm³/mol. The molecule has 1 saturated heterocycles. The van der Waals surface area contributed by atoms with Crippen molar-refractivity contribution in [1.82, 2.24) is 9.97 Å². The van der Waals surface area contributed by atoms with Gasteiger partial charge in [-0.2, -0.15) is 0 Å². The van der Waals surface area contributed by atoms with Gasteiger partial charge in [-0.3, -0.25) is 0 Å². The van der Waals surface area contributed by atoms with E-state index in [1.807, 2.05) is 4.90 Å². The van der Waals surface area contributed by atoms with E-state index in [0.29, 0.717) is 31.1 Å². The number of rotatable bonds is 1. The van der Waals surface area contributed by atoms with Crippen LogP contribution in [-0.4, -0.2) is 28.7 Å². The quantitative estimate of drug-likeness (QED) is 0.728. The minimum Gasteiger partial charge on any atom is -0.381 e. The molecule has 0 aromatic carbocycles. The number of alkyl halides is 1. The van der Waals surface area contributed by atoms with Gasteiger partial charge < -0.3 is 10.6 Å². The van der Waals surface area contributed by atoms with Crippen LogP contribution in [0.15, 0.2) is 12.4 Å². The number of aromatic nitrogens is 2. The molecule has 2 N–H and O–H groups in total. The minimum atomic E-state index is -1.13. The number of hydrogen-bond acceptors (Lipinski definition) is 4. The summed E-state index contributed by atoms with van der Waals surface area (Å²) in [4.78, 5) is 9.86. The van der Waals surface area contributed by atoms with E-state index >= 15 is 0 Å². The van der Waals surface area contributed by atoms with Gasteiger partial charge in [0, 0.05) is 25.4 Å². The third-order valence-electron chi connectivity index (χ3n) is 2.43. The second kappa shape index (κ2) is 3.08. The molecule has 1 aliphatic rings. The first-order valence-electron chi connectivity index (χ1n) is 4.59. The van der Waals surface area contributed by atoms with Crippen molar-refractivity contribution in [3.05, 3.63) is 12.4 Å². The molecule has 1 unspecified atom stereocenters. The highest BCUT2D eigenvalue weighted by Gasteiger charge is 2.34. The Morgan fingerprint density at radius 1 is 1.50 bits per heavy atom. The molecule has 1 aromatic rings. The lowest BCUT2D eigenvalue weighted by Gasteiger charge is -2.18. The molecule has 0 saturated carbocycles. The molecule has 1 atom stereocenters. The monoisotopic (exact) mass is 196 g/mol. The summed E-state index contributed by atoms with van der Waals surface area (Å²) >= 11 is 0. The van der Waals surface area contributed by atoms with Gasteiger partial charge in [0.2, 0.25) is 0 Å². The zero-order valence-electron chi connectivity index (χ0n) is 8.07. The van der Waals surface area contributed by atoms with E-state index in [1.165, 1.54) is 6.20 Å². The highest BCUT2D eigenvalue weighted by Crippen LogP contribution is 2.29. The zero-order chi connectivity index (χ0) is 10.2. The van der Waals surface area contributed by atoms with Crippen LogP contribution in [0.25, 0.3) is 0 Å². The summed E-state index contributed by atoms with van der Waals surface area (Å²) in [5.41, 5.74) is 4.52. The van der Waals surface area contributed by atoms with Crippen LogP contribution < -0.4 is 10.6 Å². The Morgan fingerprint density at radius 2 is 2.21 bits per heavy atom. The second-order valence-corrected chi connectivity index (χ2v) is 3.85. The Labute approximate surface area is 82.0 Å². The molecule has 76 valence electrons. The average Bonchev–Trinajstić information content (AvgIpc) is 2.47. The molecule has 0 amide bonds. The van der Waals surface area contributed by atoms with Crippen LogP contribution >= 0.6 is 0 Å². The molecule has 0 spiro atoms. The van der Waals surface area contributed by atoms with Gasteiger partial charge in [-0.05, 0) is 6.92 Å². The first-order chi connectivity index (χ1) is 6.58. The van der Waals surface area contributed by atoms with Crippen LogP contribution in [0.5, 0.6) is 0 Å². The second-order valence-electron chi connectivity index (χ2n) is 3.85. The molecular weight excluding hydrogens is 183 g/mol. The van der Waals surface area contributed by atoms with Gasteiger partial charge in [-0.15, -0.1) is 0 Å². The van der Waals surface area contributed by atoms with Crippen molar-refractivity contribution in [2.75, 3.05) is 23.7 Å². The van der Waals surface area contributed by atoms with Gasteiger partial charge in [0.1, 0.15) is 5.67 Å². The van der Waals surface area contributed by atoms with Crippen molar-refractivity contribution in [2.45, 2.75) is 19.0 Å². The van der Waals surface area contributed by atoms with Crippen molar-refractivity contribution in [1.29, 1.82) is 0 Å². The Bertz CT molecular complexity index is 339. The molecule has 14 heavy (non-hydrogen) atoms. The van der Waals surface area contributed by atoms with E-state index < -0.39 is 5.67 Å². The predicted octanol–water partition coefficient (Wildman–Crippen LogP) is 0.997. The Kier molecular flexibility index (Phi) is 2.02. The maximum Gasteiger partial charge on any atom is 0.171 e. The summed E-state index contributed by atoms with van der Waals surface area (Å²) in [5, 5.41) is 0. The van der Waals surface area contributed by atoms with Crippen LogP contribution in [0, 0.1) is 0 Å². The molecule has 0 aliphatic carbocycles. The van der Waals surface area contributed by atoms with Crippen molar-refractivity contribution >= 4 is 11.6 Å². The molecular formula is C9H13FN4. The fourth-order valence-electron chi connectivity index (χ4n) is 1.69. The number of nitrogens with zero attached hydrogens (tertiary/aromatic N) is 3. The fraction of sp³-hybridized carbons (Fsp3) is 0.556. The van der Waals surface area contributed by atoms with E-state index in [1.54, 1.807) is 13.1 Å². The van der Waals surface area contributed by atoms with E-state index in [0.717, 1.165) is 0 Å². The van der Waals surface area contributed by atoms with Gasteiger partial charge >= 0.3 is 0 Å². The molecule has 0 radical (unpaired) electrons. The molecule has 2 rings (SSSR count). The molecule has 1 fully saturated rings. The van der Waals surface area contributed by atoms with Gasteiger partial charge in [-0.1, -0.05) is 0 Å². The van der Waals surface area contributed by atoms with Gasteiger partial charge in [0.15, 0.2) is 11.6 Å². The number of nitrogens with two attached hydrogens (primary N) is 1. The normalized spacial score (nSPS) is 26.9. The molecule has 5 heteroatoms. The highest BCUT2D eigenvalue weighted by atomic mass is 19.1. The lowest BCUT2D eigenvalue weighted by Crippen LogP contribution is -2.27. The molecule has 4 nitrogen and oxygen atoms in total. The van der Waals surface area contributed by atoms with Gasteiger partial charge in [0.25, 0.3) is 0 Å². The van der Waals surface area contributed by atoms with Crippen LogP contribution in [-0.2, 0) is 0 Å². The van der Waals surface area contributed by atoms with Crippen molar-refractivity contribution in [3.8, 4) is 0 Å². The van der Waals surface area contributed by atoms with E-state index in [2.05, 4.69) is 9.97 Å². The lowest BCUT2D eigenvalue weighted by molar-refractivity contribution is 0.221. The summed E-state index contributed by atoms with van der Waals surface area (Å²) in [6.45, 7) is 2.59. The maximum absolute atomic E-state index is 13.5. The largest absolute Gasteiger partial charge is 0.381 e. The van der Waals surface area contributed by atoms with E-state index in [9.17, 15) is 4.39 Å². The number of hydrogen-bond donors (Lipinski definition) is 1. The summed E-state index contributed by atoms with van der Waals surface area (Å²) < 4.78 is 13.5. The van der Waals surface area contributed by atoms with Crippen molar-refractivity contribution < 1.29 is 4.39 Å². The SMILES string of the molecule is CC1(F)CCN(c2nccnc2N)C1. The summed E-state index contributed by atoms with van der Waals surface area (Å²) in [6.07, 6.45) is 3.62. The van der Waals surface area contributed by atoms with Crippen molar-refractivity contribution in [3.63, 3.8) is 0 Å². The summed E-state index contributed by atoms with van der Waals surface area (Å²) in [6, 6.07) is 0. The van der Waals surface area contributed by atoms with E-state index in [-0.39, 0.29) is 0 Å². The van der Waals surface area contributed by atoms with E-state index in [4.69, 9.17) is 5.73 Å². The first-order valence-corrected chi connectivity index (χ1v) is 4.59. The summed E-state index contributed by atoms with van der Waals surface area (Å²) in [5.74, 6) is 0.957. The van der Waals surface area contributed by atoms with Crippen LogP contribution in [0.3, 0.4) is 0 Å². The number of anilines is 2. The molecule has 1 aromatic heterocycles. The van der Waals surface area contributed by atoms with Gasteiger partial charge in [-0.25, -0.2) is 14.4 Å². The topological polar surface area (TPSA) is 55.0 Å². The highest BCUT2D eigenvalue weighted by molar-refractivity contribution is 5.58. The Morgan fingerprint density at radius 3 is 2.79 bits per heavy atom. The zero-order valence-corrected chi connectivity index (χ0v) is 8.07. The lowest BCUT2D eigenvalue weighted by atomic mass is 10.1. The van der Waals surface area contributed by atoms with Crippen LogP contribution in [0.1, 0.15) is 13.3 Å². The number of halogens is 1. The van der Waals surface area contributed by atoms with Crippen LogP contribution in [0.4, 0.5) is 16.0 Å². The fourth-order valence-corrected chi connectivity index (χ4v) is 1.69. The third-order valence-corrected chi connectivity index (χ3v) is 2.43. The molecule has 0 bridgehead atoms. The standard InChI is InChI=1S/C9H13FN4/c1-9(10)2-5-14(6-9)8-7(11)12-3-4-13-8/h3-4H,2,5-6H2,1H3,(H2,11,12). The van der Waals surface area contributed by atoms with Crippen LogP contribution in [0.2, 0.25) is 0 Å². The molecule has 2 heterocycles. The van der Waals surface area contributed by atoms with Gasteiger partial charge in [0.05, 0.1) is 6.54 Å². The average molecular weight is 196 g/mol. The minimum absolute atomic E-state index is 0.343. The summed E-state index contributed by atoms with van der Waals surface area (Å²) in [7, 11) is 0. The molecule has 1 aliphatic heterocycles.